The molecule has 0 saturated carbocycles. The molecule has 1 aliphatic heterocycles. The number of aliphatic carboxylic acids is 1. The van der Waals surface area contributed by atoms with Crippen LogP contribution in [0.1, 0.15) is 42.6 Å². The summed E-state index contributed by atoms with van der Waals surface area (Å²) in [5, 5.41) is 20.5. The van der Waals surface area contributed by atoms with Gasteiger partial charge in [0, 0.05) is 27.8 Å². The SMILES string of the molecule is CC(C)(Cc1nc(C2(C)C(=O)Nc3nc(-c4nn(Cc5ccccc5F)c5cc(Cl)ccc45)nc(N)c32)cs1)C(=O)O. The van der Waals surface area contributed by atoms with E-state index in [9.17, 15) is 19.1 Å². The Balaban J connectivity index is 1.42. The number of fused-ring (bicyclic) bond motifs is 2. The quantitative estimate of drug-likeness (QED) is 0.227. The number of nitrogen functional groups attached to an aromatic ring is 1. The van der Waals surface area contributed by atoms with Crippen LogP contribution in [-0.2, 0) is 28.0 Å². The summed E-state index contributed by atoms with van der Waals surface area (Å²) in [5.41, 5.74) is 6.48. The van der Waals surface area contributed by atoms with Gasteiger partial charge in [-0.05, 0) is 45.0 Å². The van der Waals surface area contributed by atoms with Crippen molar-refractivity contribution in [2.75, 3.05) is 11.1 Å². The van der Waals surface area contributed by atoms with E-state index >= 15 is 0 Å². The van der Waals surface area contributed by atoms with Crippen molar-refractivity contribution in [2.24, 2.45) is 5.41 Å². The van der Waals surface area contributed by atoms with Crippen molar-refractivity contribution >= 4 is 57.4 Å². The molecule has 0 spiro atoms. The molecule has 214 valence electrons. The van der Waals surface area contributed by atoms with Crippen LogP contribution in [0.4, 0.5) is 16.0 Å². The first-order valence-electron chi connectivity index (χ1n) is 13.0. The normalized spacial score (nSPS) is 16.5. The smallest absolute Gasteiger partial charge is 0.309 e. The fourth-order valence-electron chi connectivity index (χ4n) is 5.05. The molecule has 4 N–H and O–H groups in total. The van der Waals surface area contributed by atoms with Crippen LogP contribution in [0.15, 0.2) is 47.8 Å². The molecule has 3 aromatic heterocycles. The highest BCUT2D eigenvalue weighted by atomic mass is 35.5. The molecule has 1 unspecified atom stereocenters. The van der Waals surface area contributed by atoms with Gasteiger partial charge < -0.3 is 16.2 Å². The van der Waals surface area contributed by atoms with E-state index in [0.29, 0.717) is 43.4 Å². The van der Waals surface area contributed by atoms with Gasteiger partial charge in [-0.3, -0.25) is 14.3 Å². The number of nitrogens with zero attached hydrogens (tertiary/aromatic N) is 5. The van der Waals surface area contributed by atoms with E-state index in [2.05, 4.69) is 20.3 Å². The van der Waals surface area contributed by atoms with Crippen LogP contribution in [0.2, 0.25) is 5.02 Å². The fourth-order valence-corrected chi connectivity index (χ4v) is 6.35. The van der Waals surface area contributed by atoms with Gasteiger partial charge in [0.05, 0.1) is 33.7 Å². The number of thiazole rings is 1. The first kappa shape index (κ1) is 27.7. The lowest BCUT2D eigenvalue weighted by Crippen LogP contribution is -2.33. The Hall–Kier alpha value is -4.42. The molecule has 6 rings (SSSR count). The van der Waals surface area contributed by atoms with E-state index in [0.717, 1.165) is 0 Å². The van der Waals surface area contributed by atoms with Crippen LogP contribution in [0, 0.1) is 11.2 Å². The van der Waals surface area contributed by atoms with Gasteiger partial charge in [0.2, 0.25) is 5.91 Å². The summed E-state index contributed by atoms with van der Waals surface area (Å²) < 4.78 is 16.1. The third-order valence-corrected chi connectivity index (χ3v) is 8.65. The summed E-state index contributed by atoms with van der Waals surface area (Å²) >= 11 is 7.57. The number of nitrogens with two attached hydrogens (primary N) is 1. The highest BCUT2D eigenvalue weighted by Crippen LogP contribution is 2.45. The van der Waals surface area contributed by atoms with Crippen molar-refractivity contribution in [2.45, 2.75) is 39.2 Å². The lowest BCUT2D eigenvalue weighted by Gasteiger charge is -2.21. The minimum Gasteiger partial charge on any atom is -0.481 e. The molecule has 4 heterocycles. The number of rotatable bonds is 7. The van der Waals surface area contributed by atoms with Gasteiger partial charge >= 0.3 is 5.97 Å². The second kappa shape index (κ2) is 9.85. The number of anilines is 2. The first-order valence-corrected chi connectivity index (χ1v) is 14.2. The minimum absolute atomic E-state index is 0.0713. The second-order valence-corrected chi connectivity index (χ2v) is 12.4. The average molecular weight is 606 g/mol. The number of aromatic nitrogens is 5. The Morgan fingerprint density at radius 1 is 1.21 bits per heavy atom. The van der Waals surface area contributed by atoms with E-state index in [4.69, 9.17) is 22.4 Å². The second-order valence-electron chi connectivity index (χ2n) is 11.0. The third kappa shape index (κ3) is 4.47. The van der Waals surface area contributed by atoms with Gasteiger partial charge in [0.1, 0.15) is 28.6 Å². The molecule has 1 amide bonds. The van der Waals surface area contributed by atoms with Crippen LogP contribution >= 0.6 is 22.9 Å². The summed E-state index contributed by atoms with van der Waals surface area (Å²) in [6, 6.07) is 11.7. The fraction of sp³-hybridized carbons (Fsp3) is 0.241. The van der Waals surface area contributed by atoms with Crippen molar-refractivity contribution in [3.05, 3.63) is 80.5 Å². The van der Waals surface area contributed by atoms with Crippen molar-refractivity contribution in [1.82, 2.24) is 24.7 Å². The number of carbonyl (C=O) groups excluding carboxylic acids is 1. The maximum absolute atomic E-state index is 14.5. The van der Waals surface area contributed by atoms with E-state index in [1.807, 2.05) is 0 Å². The van der Waals surface area contributed by atoms with Crippen molar-refractivity contribution in [3.63, 3.8) is 0 Å². The topological polar surface area (TPSA) is 149 Å². The molecule has 42 heavy (non-hydrogen) atoms. The summed E-state index contributed by atoms with van der Waals surface area (Å²) in [4.78, 5) is 38.9. The van der Waals surface area contributed by atoms with Gasteiger partial charge in [-0.2, -0.15) is 5.10 Å². The van der Waals surface area contributed by atoms with Crippen molar-refractivity contribution in [1.29, 1.82) is 0 Å². The zero-order valence-corrected chi connectivity index (χ0v) is 24.3. The molecule has 0 aliphatic carbocycles. The van der Waals surface area contributed by atoms with Crippen LogP contribution in [0.3, 0.4) is 0 Å². The van der Waals surface area contributed by atoms with Crippen molar-refractivity contribution < 1.29 is 19.1 Å². The monoisotopic (exact) mass is 605 g/mol. The summed E-state index contributed by atoms with van der Waals surface area (Å²) in [6.07, 6.45) is 0.203. The van der Waals surface area contributed by atoms with Gasteiger partial charge in [-0.1, -0.05) is 29.8 Å². The highest BCUT2D eigenvalue weighted by molar-refractivity contribution is 7.09. The molecule has 2 aromatic carbocycles. The number of benzene rings is 2. The van der Waals surface area contributed by atoms with Gasteiger partial charge in [-0.25, -0.2) is 19.3 Å². The average Bonchev–Trinajstić information content (AvgIpc) is 3.60. The number of carbonyl (C=O) groups is 2. The highest BCUT2D eigenvalue weighted by Gasteiger charge is 2.49. The predicted octanol–water partition coefficient (Wildman–Crippen LogP) is 5.28. The van der Waals surface area contributed by atoms with E-state index in [1.165, 1.54) is 17.4 Å². The van der Waals surface area contributed by atoms with Crippen LogP contribution in [0.25, 0.3) is 22.4 Å². The Morgan fingerprint density at radius 3 is 2.71 bits per heavy atom. The van der Waals surface area contributed by atoms with Crippen LogP contribution in [-0.4, -0.2) is 41.7 Å². The van der Waals surface area contributed by atoms with Gasteiger partial charge in [0.15, 0.2) is 5.82 Å². The van der Waals surface area contributed by atoms with Crippen molar-refractivity contribution in [3.8, 4) is 11.5 Å². The number of carboxylic acid groups (broad SMARTS) is 1. The molecule has 1 aliphatic rings. The molecule has 0 fully saturated rings. The number of nitrogens with one attached hydrogen (secondary N) is 1. The zero-order valence-electron chi connectivity index (χ0n) is 22.8. The maximum atomic E-state index is 14.5. The molecule has 0 saturated heterocycles. The Bertz CT molecular complexity index is 1920. The third-order valence-electron chi connectivity index (χ3n) is 7.56. The number of carboxylic acids is 1. The molecule has 0 bridgehead atoms. The summed E-state index contributed by atoms with van der Waals surface area (Å²) in [6.45, 7) is 5.08. The van der Waals surface area contributed by atoms with E-state index in [1.54, 1.807) is 67.2 Å². The number of hydrogen-bond acceptors (Lipinski definition) is 8. The van der Waals surface area contributed by atoms with Gasteiger partial charge in [0.25, 0.3) is 0 Å². The van der Waals surface area contributed by atoms with Crippen LogP contribution in [0.5, 0.6) is 0 Å². The molecule has 1 atom stereocenters. The maximum Gasteiger partial charge on any atom is 0.309 e. The lowest BCUT2D eigenvalue weighted by molar-refractivity contribution is -0.146. The molecule has 5 aromatic rings. The molecular formula is C29H25ClFN7O3S. The predicted molar refractivity (Wildman–Crippen MR) is 158 cm³/mol. The van der Waals surface area contributed by atoms with Crippen LogP contribution < -0.4 is 11.1 Å². The lowest BCUT2D eigenvalue weighted by atomic mass is 9.81. The molecular weight excluding hydrogens is 581 g/mol. The number of halogens is 2. The van der Waals surface area contributed by atoms with E-state index < -0.39 is 16.8 Å². The Morgan fingerprint density at radius 2 is 1.98 bits per heavy atom. The number of hydrogen-bond donors (Lipinski definition) is 3. The Kier molecular flexibility index (Phi) is 6.50. The standard InChI is InChI=1S/C29H25ClFN7O3S/c1-28(2,27(40)41)11-20-33-19(13-42-20)29(3)21-23(32)34-25(35-24(21)36-26(29)39)22-16-9-8-15(30)10-18(16)38(37-22)12-14-6-4-5-7-17(14)31/h4-10,13H,11-12H2,1-3H3,(H,40,41)(H3,32,34,35,36,39). The largest absolute Gasteiger partial charge is 0.481 e. The minimum atomic E-state index is -1.29. The first-order chi connectivity index (χ1) is 19.9. The molecule has 13 heteroatoms. The van der Waals surface area contributed by atoms with E-state index in [-0.39, 0.29) is 42.2 Å². The summed E-state index contributed by atoms with van der Waals surface area (Å²) in [7, 11) is 0. The van der Waals surface area contributed by atoms with Gasteiger partial charge in [-0.15, -0.1) is 11.3 Å². The number of amides is 1. The summed E-state index contributed by atoms with van der Waals surface area (Å²) in [5.74, 6) is -1.20. The zero-order chi connectivity index (χ0) is 30.0. The molecule has 10 nitrogen and oxygen atoms in total. The molecule has 0 radical (unpaired) electrons. The Labute approximate surface area is 248 Å².